The lowest BCUT2D eigenvalue weighted by Gasteiger charge is -2.25. The molecule has 1 aromatic carbocycles. The minimum Gasteiger partial charge on any atom is -0.462 e. The summed E-state index contributed by atoms with van der Waals surface area (Å²) in [5, 5.41) is 2.60. The van der Waals surface area contributed by atoms with E-state index < -0.39 is 11.8 Å². The van der Waals surface area contributed by atoms with Crippen LogP contribution in [-0.4, -0.2) is 46.0 Å². The van der Waals surface area contributed by atoms with E-state index in [-0.39, 0.29) is 16.7 Å². The molecule has 0 aliphatic carbocycles. The molecule has 7 nitrogen and oxygen atoms in total. The zero-order chi connectivity index (χ0) is 21.3. The van der Waals surface area contributed by atoms with Gasteiger partial charge in [-0.25, -0.2) is 4.79 Å². The summed E-state index contributed by atoms with van der Waals surface area (Å²) in [4.78, 5) is 37.7. The van der Waals surface area contributed by atoms with Gasteiger partial charge in [-0.1, -0.05) is 0 Å². The highest BCUT2D eigenvalue weighted by Gasteiger charge is 2.31. The van der Waals surface area contributed by atoms with E-state index in [4.69, 9.17) is 17.0 Å². The summed E-state index contributed by atoms with van der Waals surface area (Å²) in [6, 6.07) is 8.97. The number of carbonyl (C=O) groups is 3. The van der Waals surface area contributed by atoms with E-state index >= 15 is 0 Å². The van der Waals surface area contributed by atoms with Crippen LogP contribution in [0.1, 0.15) is 34.2 Å². The molecule has 3 rings (SSSR count). The number of ether oxygens (including phenoxy) is 1. The van der Waals surface area contributed by atoms with Crippen molar-refractivity contribution < 1.29 is 19.1 Å². The van der Waals surface area contributed by atoms with Gasteiger partial charge in [0.25, 0.3) is 11.8 Å². The van der Waals surface area contributed by atoms with Gasteiger partial charge in [-0.05, 0) is 75.0 Å². The van der Waals surface area contributed by atoms with E-state index in [0.29, 0.717) is 12.2 Å². The van der Waals surface area contributed by atoms with Crippen molar-refractivity contribution in [3.8, 4) is 5.69 Å². The second kappa shape index (κ2) is 8.00. The maximum absolute atomic E-state index is 12.4. The molecule has 0 atom stereocenters. The van der Waals surface area contributed by atoms with E-state index in [1.807, 2.05) is 36.6 Å². The fraction of sp³-hybridized carbons (Fsp3) is 0.238. The number of benzene rings is 1. The topological polar surface area (TPSA) is 80.6 Å². The molecule has 0 unspecified atom stereocenters. The number of likely N-dealkylation sites (N-methyl/N-ethyl adjacent to an activating group) is 1. The van der Waals surface area contributed by atoms with E-state index in [1.54, 1.807) is 25.1 Å². The number of aromatic nitrogens is 1. The predicted molar refractivity (Wildman–Crippen MR) is 113 cm³/mol. The second-order valence-electron chi connectivity index (χ2n) is 6.61. The molecule has 0 bridgehead atoms. The summed E-state index contributed by atoms with van der Waals surface area (Å²) in [6.07, 6.45) is 1.57. The van der Waals surface area contributed by atoms with Crippen LogP contribution in [0.3, 0.4) is 0 Å². The number of rotatable bonds is 4. The molecule has 1 aromatic heterocycles. The first-order valence-corrected chi connectivity index (χ1v) is 9.47. The van der Waals surface area contributed by atoms with Crippen molar-refractivity contribution in [1.29, 1.82) is 0 Å². The van der Waals surface area contributed by atoms with Gasteiger partial charge in [0.2, 0.25) is 0 Å². The van der Waals surface area contributed by atoms with Crippen LogP contribution in [-0.2, 0) is 14.3 Å². The minimum atomic E-state index is -0.512. The van der Waals surface area contributed by atoms with Crippen molar-refractivity contribution in [2.45, 2.75) is 20.8 Å². The van der Waals surface area contributed by atoms with Gasteiger partial charge in [-0.3, -0.25) is 19.8 Å². The molecule has 1 saturated heterocycles. The summed E-state index contributed by atoms with van der Waals surface area (Å²) in [5.41, 5.74) is 3.89. The second-order valence-corrected chi connectivity index (χ2v) is 7.00. The Hall–Kier alpha value is -3.26. The highest BCUT2D eigenvalue weighted by molar-refractivity contribution is 7.80. The van der Waals surface area contributed by atoms with E-state index in [1.165, 1.54) is 11.9 Å². The van der Waals surface area contributed by atoms with Gasteiger partial charge in [0.1, 0.15) is 5.57 Å². The van der Waals surface area contributed by atoms with Crippen LogP contribution >= 0.6 is 12.2 Å². The molecule has 2 amide bonds. The molecule has 150 valence electrons. The molecular formula is C21H21N3O4S. The quantitative estimate of drug-likeness (QED) is 0.362. The Morgan fingerprint density at radius 1 is 1.21 bits per heavy atom. The standard InChI is InChI=1S/C21H21N3O4S/c1-5-28-20(27)14-6-8-16(9-7-14)24-12(2)10-15(13(24)3)11-17-18(25)22-21(29)23(4)19(17)26/h6-11H,5H2,1-4H3,(H,22,25,29)/b17-11-. The van der Waals surface area contributed by atoms with Crippen molar-refractivity contribution >= 4 is 41.2 Å². The number of nitrogens with zero attached hydrogens (tertiary/aromatic N) is 2. The Kier molecular flexibility index (Phi) is 5.65. The number of hydrogen-bond acceptors (Lipinski definition) is 5. The fourth-order valence-corrected chi connectivity index (χ4v) is 3.37. The largest absolute Gasteiger partial charge is 0.462 e. The Morgan fingerprint density at radius 2 is 1.86 bits per heavy atom. The predicted octanol–water partition coefficient (Wildman–Crippen LogP) is 2.53. The number of esters is 1. The third-order valence-corrected chi connectivity index (χ3v) is 5.09. The molecular weight excluding hydrogens is 390 g/mol. The van der Waals surface area contributed by atoms with Crippen LogP contribution in [0.4, 0.5) is 0 Å². The monoisotopic (exact) mass is 411 g/mol. The SMILES string of the molecule is CCOC(=O)c1ccc(-n2c(C)cc(/C=C3/C(=O)NC(=S)N(C)C3=O)c2C)cc1. The van der Waals surface area contributed by atoms with Crippen molar-refractivity contribution in [3.63, 3.8) is 0 Å². The number of aryl methyl sites for hydroxylation is 1. The Balaban J connectivity index is 1.97. The summed E-state index contributed by atoms with van der Waals surface area (Å²) in [5.74, 6) is -1.32. The Morgan fingerprint density at radius 3 is 2.48 bits per heavy atom. The molecule has 1 fully saturated rings. The Labute approximate surface area is 173 Å². The molecule has 0 spiro atoms. The molecule has 1 aliphatic heterocycles. The highest BCUT2D eigenvalue weighted by Crippen LogP contribution is 2.24. The van der Waals surface area contributed by atoms with Crippen molar-refractivity contribution in [2.24, 2.45) is 0 Å². The third-order valence-electron chi connectivity index (χ3n) is 4.71. The first-order chi connectivity index (χ1) is 13.7. The highest BCUT2D eigenvalue weighted by atomic mass is 32.1. The number of carbonyl (C=O) groups excluding carboxylic acids is 3. The summed E-state index contributed by atoms with van der Waals surface area (Å²) in [6.45, 7) is 5.91. The van der Waals surface area contributed by atoms with Crippen LogP contribution in [0.25, 0.3) is 11.8 Å². The van der Waals surface area contributed by atoms with Gasteiger partial charge in [0, 0.05) is 24.1 Å². The van der Waals surface area contributed by atoms with Crippen molar-refractivity contribution in [2.75, 3.05) is 13.7 Å². The number of thiocarbonyl (C=S) groups is 1. The van der Waals surface area contributed by atoms with Gasteiger partial charge in [-0.15, -0.1) is 0 Å². The molecule has 0 saturated carbocycles. The van der Waals surface area contributed by atoms with E-state index in [0.717, 1.165) is 22.6 Å². The normalized spacial score (nSPS) is 15.7. The van der Waals surface area contributed by atoms with Crippen LogP contribution < -0.4 is 5.32 Å². The maximum Gasteiger partial charge on any atom is 0.338 e. The summed E-state index contributed by atoms with van der Waals surface area (Å²) in [7, 11) is 1.52. The maximum atomic E-state index is 12.4. The molecule has 0 radical (unpaired) electrons. The van der Waals surface area contributed by atoms with Crippen LogP contribution in [0.15, 0.2) is 35.9 Å². The van der Waals surface area contributed by atoms with Crippen LogP contribution in [0, 0.1) is 13.8 Å². The average molecular weight is 411 g/mol. The first kappa shape index (κ1) is 20.5. The van der Waals surface area contributed by atoms with Crippen LogP contribution in [0.5, 0.6) is 0 Å². The Bertz CT molecular complexity index is 1050. The minimum absolute atomic E-state index is 0.0269. The van der Waals surface area contributed by atoms with Gasteiger partial charge in [0.05, 0.1) is 12.2 Å². The zero-order valence-electron chi connectivity index (χ0n) is 16.6. The molecule has 1 N–H and O–H groups in total. The van der Waals surface area contributed by atoms with Gasteiger partial charge in [0.15, 0.2) is 5.11 Å². The van der Waals surface area contributed by atoms with Crippen LogP contribution in [0.2, 0.25) is 0 Å². The van der Waals surface area contributed by atoms with Crippen molar-refractivity contribution in [3.05, 3.63) is 58.4 Å². The van der Waals surface area contributed by atoms with Gasteiger partial charge in [-0.2, -0.15) is 0 Å². The lowest BCUT2D eigenvalue weighted by atomic mass is 10.1. The van der Waals surface area contributed by atoms with E-state index in [9.17, 15) is 14.4 Å². The smallest absolute Gasteiger partial charge is 0.338 e. The average Bonchev–Trinajstić information content (AvgIpc) is 2.97. The molecule has 8 heteroatoms. The first-order valence-electron chi connectivity index (χ1n) is 9.06. The molecule has 1 aliphatic rings. The summed E-state index contributed by atoms with van der Waals surface area (Å²) < 4.78 is 7.00. The molecule has 2 aromatic rings. The zero-order valence-corrected chi connectivity index (χ0v) is 17.4. The number of nitrogens with one attached hydrogen (secondary N) is 1. The van der Waals surface area contributed by atoms with Gasteiger partial charge >= 0.3 is 5.97 Å². The van der Waals surface area contributed by atoms with Gasteiger partial charge < -0.3 is 9.30 Å². The summed E-state index contributed by atoms with van der Waals surface area (Å²) >= 11 is 4.97. The lowest BCUT2D eigenvalue weighted by Crippen LogP contribution is -2.52. The lowest BCUT2D eigenvalue weighted by molar-refractivity contribution is -0.128. The number of amides is 2. The van der Waals surface area contributed by atoms with Crippen molar-refractivity contribution in [1.82, 2.24) is 14.8 Å². The molecule has 2 heterocycles. The molecule has 29 heavy (non-hydrogen) atoms. The van der Waals surface area contributed by atoms with E-state index in [2.05, 4.69) is 5.32 Å². The number of hydrogen-bond donors (Lipinski definition) is 1. The fourth-order valence-electron chi connectivity index (χ4n) is 3.19. The third kappa shape index (κ3) is 3.84.